The Morgan fingerprint density at radius 3 is 2.68 bits per heavy atom. The Morgan fingerprint density at radius 1 is 1.17 bits per heavy atom. The molecular formula is C29H38ClF2N5O4. The summed E-state index contributed by atoms with van der Waals surface area (Å²) in [4.78, 5) is 30.5. The van der Waals surface area contributed by atoms with Gasteiger partial charge in [0.2, 0.25) is 11.8 Å². The summed E-state index contributed by atoms with van der Waals surface area (Å²) in [5, 5.41) is 8.41. The highest BCUT2D eigenvalue weighted by Crippen LogP contribution is 2.43. The van der Waals surface area contributed by atoms with Gasteiger partial charge in [0, 0.05) is 49.7 Å². The molecule has 1 saturated heterocycles. The molecule has 0 radical (unpaired) electrons. The summed E-state index contributed by atoms with van der Waals surface area (Å²) >= 11 is 6.68. The van der Waals surface area contributed by atoms with Crippen molar-refractivity contribution >= 4 is 23.4 Å². The molecule has 5 rings (SSSR count). The van der Waals surface area contributed by atoms with Gasteiger partial charge in [0.15, 0.2) is 0 Å². The van der Waals surface area contributed by atoms with E-state index in [2.05, 4.69) is 17.2 Å². The van der Waals surface area contributed by atoms with Gasteiger partial charge in [-0.25, -0.2) is 13.5 Å². The zero-order valence-electron chi connectivity index (χ0n) is 23.7. The van der Waals surface area contributed by atoms with Crippen molar-refractivity contribution in [1.29, 1.82) is 0 Å². The van der Waals surface area contributed by atoms with Crippen LogP contribution in [-0.4, -0.2) is 70.0 Å². The van der Waals surface area contributed by atoms with Crippen molar-refractivity contribution in [2.75, 3.05) is 33.4 Å². The van der Waals surface area contributed by atoms with E-state index in [-0.39, 0.29) is 54.8 Å². The molecular weight excluding hydrogens is 556 g/mol. The van der Waals surface area contributed by atoms with Crippen LogP contribution in [-0.2, 0) is 33.9 Å². The quantitative estimate of drug-likeness (QED) is 0.386. The van der Waals surface area contributed by atoms with Crippen LogP contribution in [0.1, 0.15) is 80.4 Å². The van der Waals surface area contributed by atoms with Crippen molar-refractivity contribution in [2.24, 2.45) is 11.8 Å². The number of nitrogens with zero attached hydrogens (tertiary/aromatic N) is 5. The Balaban J connectivity index is 1.48. The summed E-state index contributed by atoms with van der Waals surface area (Å²) in [5.41, 5.74) is 1.32. The van der Waals surface area contributed by atoms with Crippen molar-refractivity contribution in [2.45, 2.75) is 77.5 Å². The Bertz CT molecular complexity index is 1260. The Hall–Kier alpha value is -2.79. The number of carbonyl (C=O) groups excluding carboxylic acids is 2. The fraction of sp³-hybridized carbons (Fsp3) is 0.655. The average molecular weight is 594 g/mol. The first-order valence-corrected chi connectivity index (χ1v) is 14.9. The van der Waals surface area contributed by atoms with Crippen LogP contribution in [0.2, 0.25) is 5.02 Å². The van der Waals surface area contributed by atoms with Gasteiger partial charge < -0.3 is 19.3 Å². The third-order valence-electron chi connectivity index (χ3n) is 8.77. The van der Waals surface area contributed by atoms with Crippen LogP contribution in [0.5, 0.6) is 5.75 Å². The zero-order chi connectivity index (χ0) is 29.1. The number of halogens is 3. The van der Waals surface area contributed by atoms with Gasteiger partial charge in [-0.1, -0.05) is 36.6 Å². The first-order valence-electron chi connectivity index (χ1n) is 14.5. The van der Waals surface area contributed by atoms with Crippen LogP contribution in [0.15, 0.2) is 12.1 Å². The SMILES string of the molecule is COCCn1nnc(COc2ccc(Cl)c3c2[C@@H](CN2CCCC2=O)N(C(=O)[C@@H]2CCCC[C@@H]2C)CC3)c1C(F)F. The number of hydrogen-bond acceptors (Lipinski definition) is 6. The fourth-order valence-corrected chi connectivity index (χ4v) is 6.81. The third-order valence-corrected chi connectivity index (χ3v) is 9.13. The van der Waals surface area contributed by atoms with Crippen LogP contribution >= 0.6 is 11.6 Å². The molecule has 0 bridgehead atoms. The number of likely N-dealkylation sites (tertiary alicyclic amines) is 1. The van der Waals surface area contributed by atoms with E-state index in [1.165, 1.54) is 7.11 Å². The van der Waals surface area contributed by atoms with E-state index in [1.807, 2.05) is 9.80 Å². The number of benzene rings is 1. The predicted octanol–water partition coefficient (Wildman–Crippen LogP) is 4.97. The van der Waals surface area contributed by atoms with E-state index in [1.54, 1.807) is 12.1 Å². The number of fused-ring (bicyclic) bond motifs is 1. The number of methoxy groups -OCH3 is 1. The number of ether oxygens (including phenoxy) is 2. The number of alkyl halides is 2. The van der Waals surface area contributed by atoms with Crippen LogP contribution in [0.4, 0.5) is 8.78 Å². The number of rotatable bonds is 10. The highest BCUT2D eigenvalue weighted by Gasteiger charge is 2.41. The Morgan fingerprint density at radius 2 is 1.98 bits per heavy atom. The van der Waals surface area contributed by atoms with E-state index in [4.69, 9.17) is 21.1 Å². The maximum absolute atomic E-state index is 14.1. The van der Waals surface area contributed by atoms with Crippen LogP contribution < -0.4 is 4.74 Å². The number of carbonyl (C=O) groups is 2. The van der Waals surface area contributed by atoms with Crippen molar-refractivity contribution in [3.05, 3.63) is 39.7 Å². The smallest absolute Gasteiger partial charge is 0.282 e. The second-order valence-electron chi connectivity index (χ2n) is 11.3. The third kappa shape index (κ3) is 6.21. The lowest BCUT2D eigenvalue weighted by molar-refractivity contribution is -0.143. The zero-order valence-corrected chi connectivity index (χ0v) is 24.4. The first-order chi connectivity index (χ1) is 19.8. The van der Waals surface area contributed by atoms with Gasteiger partial charge >= 0.3 is 0 Å². The molecule has 2 aromatic rings. The molecule has 2 aliphatic heterocycles. The molecule has 3 atom stereocenters. The molecule has 2 fully saturated rings. The summed E-state index contributed by atoms with van der Waals surface area (Å²) in [6, 6.07) is 3.00. The second-order valence-corrected chi connectivity index (χ2v) is 11.7. The fourth-order valence-electron chi connectivity index (χ4n) is 6.55. The average Bonchev–Trinajstić information content (AvgIpc) is 3.57. The van der Waals surface area contributed by atoms with E-state index in [9.17, 15) is 18.4 Å². The summed E-state index contributed by atoms with van der Waals surface area (Å²) in [5.74, 6) is 0.833. The highest BCUT2D eigenvalue weighted by molar-refractivity contribution is 6.31. The Kier molecular flexibility index (Phi) is 9.43. The first kappa shape index (κ1) is 29.7. The van der Waals surface area contributed by atoms with Gasteiger partial charge in [-0.2, -0.15) is 0 Å². The summed E-state index contributed by atoms with van der Waals surface area (Å²) in [6.07, 6.45) is 3.04. The van der Waals surface area contributed by atoms with Gasteiger partial charge in [0.1, 0.15) is 23.7 Å². The molecule has 9 nitrogen and oxygen atoms in total. The maximum atomic E-state index is 14.1. The van der Waals surface area contributed by atoms with Gasteiger partial charge in [-0.3, -0.25) is 9.59 Å². The van der Waals surface area contributed by atoms with Crippen molar-refractivity contribution in [3.63, 3.8) is 0 Å². The molecule has 2 amide bonds. The summed E-state index contributed by atoms with van der Waals surface area (Å²) < 4.78 is 40.3. The van der Waals surface area contributed by atoms with E-state index in [0.29, 0.717) is 43.2 Å². The lowest BCUT2D eigenvalue weighted by atomic mass is 9.78. The molecule has 224 valence electrons. The van der Waals surface area contributed by atoms with E-state index in [0.717, 1.165) is 47.9 Å². The number of aromatic nitrogens is 3. The number of hydrogen-bond donors (Lipinski definition) is 0. The summed E-state index contributed by atoms with van der Waals surface area (Å²) in [7, 11) is 1.49. The summed E-state index contributed by atoms with van der Waals surface area (Å²) in [6.45, 7) is 3.73. The van der Waals surface area contributed by atoms with E-state index >= 15 is 0 Å². The van der Waals surface area contributed by atoms with Crippen LogP contribution in [0, 0.1) is 11.8 Å². The molecule has 41 heavy (non-hydrogen) atoms. The molecule has 1 saturated carbocycles. The monoisotopic (exact) mass is 593 g/mol. The second kappa shape index (κ2) is 13.0. The Labute approximate surface area is 244 Å². The molecule has 1 aromatic carbocycles. The highest BCUT2D eigenvalue weighted by atomic mass is 35.5. The molecule has 0 unspecified atom stereocenters. The molecule has 0 N–H and O–H groups in total. The lowest BCUT2D eigenvalue weighted by Gasteiger charge is -2.43. The lowest BCUT2D eigenvalue weighted by Crippen LogP contribution is -2.49. The van der Waals surface area contributed by atoms with Gasteiger partial charge in [0.25, 0.3) is 6.43 Å². The maximum Gasteiger partial charge on any atom is 0.282 e. The van der Waals surface area contributed by atoms with Gasteiger partial charge in [-0.15, -0.1) is 5.10 Å². The van der Waals surface area contributed by atoms with Gasteiger partial charge in [0.05, 0.1) is 19.2 Å². The molecule has 3 aliphatic rings. The topological polar surface area (TPSA) is 89.8 Å². The molecule has 1 aromatic heterocycles. The van der Waals surface area contributed by atoms with Crippen molar-refractivity contribution < 1.29 is 27.8 Å². The normalized spacial score (nSPS) is 22.9. The molecule has 0 spiro atoms. The predicted molar refractivity (Wildman–Crippen MR) is 148 cm³/mol. The number of amides is 2. The van der Waals surface area contributed by atoms with E-state index < -0.39 is 12.5 Å². The molecule has 1 aliphatic carbocycles. The minimum Gasteiger partial charge on any atom is -0.487 e. The molecule has 3 heterocycles. The molecule has 12 heteroatoms. The van der Waals surface area contributed by atoms with Crippen molar-refractivity contribution in [3.8, 4) is 5.75 Å². The van der Waals surface area contributed by atoms with Crippen LogP contribution in [0.25, 0.3) is 0 Å². The van der Waals surface area contributed by atoms with Gasteiger partial charge in [-0.05, 0) is 49.3 Å². The largest absolute Gasteiger partial charge is 0.487 e. The van der Waals surface area contributed by atoms with Crippen LogP contribution in [0.3, 0.4) is 0 Å². The standard InChI is InChI=1S/C29H38ClF2N5O4/c1-18-6-3-4-7-19(18)29(39)36-13-11-20-21(30)9-10-24(26(20)23(36)16-35-12-5-8-25(35)38)41-17-22-27(28(31)32)37(34-33-22)14-15-40-2/h9-10,18-19,23,28H,3-8,11-17H2,1-2H3/t18-,19+,23+/m0/s1. The van der Waals surface area contributed by atoms with Crippen molar-refractivity contribution in [1.82, 2.24) is 24.8 Å². The minimum atomic E-state index is -2.79. The minimum absolute atomic E-state index is 0.0332.